The summed E-state index contributed by atoms with van der Waals surface area (Å²) in [7, 11) is 3.28. The molecule has 4 aromatic carbocycles. The topological polar surface area (TPSA) is 55.4 Å². The van der Waals surface area contributed by atoms with Gasteiger partial charge in [-0.05, 0) is 132 Å². The normalized spacial score (nSPS) is 11.9. The van der Waals surface area contributed by atoms with Crippen LogP contribution >= 0.6 is 0 Å². The van der Waals surface area contributed by atoms with E-state index in [2.05, 4.69) is 55.4 Å². The molecule has 0 aliphatic rings. The molecule has 0 spiro atoms. The second kappa shape index (κ2) is 28.3. The van der Waals surface area contributed by atoms with Gasteiger partial charge < -0.3 is 78.9 Å². The molecular weight excluding hydrogens is 884 g/mol. The fourth-order valence-electron chi connectivity index (χ4n) is 5.43. The first-order valence-corrected chi connectivity index (χ1v) is 22.5. The molecule has 0 bridgehead atoms. The summed E-state index contributed by atoms with van der Waals surface area (Å²) in [6, 6.07) is 26.9. The Balaban J connectivity index is 0.000000413. The molecule has 0 unspecified atom stereocenters. The summed E-state index contributed by atoms with van der Waals surface area (Å²) in [5, 5.41) is 0. The fraction of sp³-hybridized carbons (Fsp3) is 0.440. The van der Waals surface area contributed by atoms with Gasteiger partial charge in [0.1, 0.15) is 34.5 Å². The van der Waals surface area contributed by atoms with Crippen molar-refractivity contribution >= 4 is 70.1 Å². The molecule has 0 saturated carbocycles. The summed E-state index contributed by atoms with van der Waals surface area (Å²) in [5.41, 5.74) is 3.37. The maximum absolute atomic E-state index is 6.07. The second-order valence-corrected chi connectivity index (χ2v) is 17.8. The van der Waals surface area contributed by atoms with Gasteiger partial charge in [0.15, 0.2) is 0 Å². The maximum Gasteiger partial charge on any atom is 0.125 e. The molecule has 0 fully saturated rings. The quantitative estimate of drug-likeness (QED) is 0.0433. The van der Waals surface area contributed by atoms with E-state index in [-0.39, 0.29) is 16.5 Å². The van der Waals surface area contributed by atoms with Crippen molar-refractivity contribution in [3.63, 3.8) is 0 Å². The molecule has 0 amide bonds. The van der Waals surface area contributed by atoms with Crippen LogP contribution in [0.4, 0.5) is 0 Å². The Morgan fingerprint density at radius 2 is 0.672 bits per heavy atom. The van der Waals surface area contributed by atoms with Crippen molar-refractivity contribution in [3.8, 4) is 34.5 Å². The Labute approximate surface area is 399 Å². The minimum absolute atomic E-state index is 0. The molecule has 0 heterocycles. The third kappa shape index (κ3) is 18.8. The van der Waals surface area contributed by atoms with E-state index in [0.29, 0.717) is 69.7 Å². The van der Waals surface area contributed by atoms with Crippen LogP contribution in [0.5, 0.6) is 34.5 Å². The van der Waals surface area contributed by atoms with Gasteiger partial charge in [-0.3, -0.25) is 0 Å². The van der Waals surface area contributed by atoms with E-state index in [1.807, 2.05) is 84.9 Å². The third-order valence-electron chi connectivity index (χ3n) is 9.34. The molecule has 338 valence electrons. The van der Waals surface area contributed by atoms with Crippen LogP contribution in [0.1, 0.15) is 103 Å². The van der Waals surface area contributed by atoms with Crippen molar-refractivity contribution in [2.45, 2.75) is 81.1 Å². The number of rotatable bonds is 22. The first-order valence-electron chi connectivity index (χ1n) is 20.9. The average molecular weight is 948 g/mol. The van der Waals surface area contributed by atoms with Crippen molar-refractivity contribution in [3.05, 3.63) is 107 Å². The Morgan fingerprint density at radius 1 is 0.393 bits per heavy atom. The summed E-state index contributed by atoms with van der Waals surface area (Å²) in [4.78, 5) is 2.40. The van der Waals surface area contributed by atoms with Gasteiger partial charge >= 0.3 is 0 Å². The molecular formula is C50H64NiO6S4-4. The van der Waals surface area contributed by atoms with Crippen molar-refractivity contribution in [2.75, 3.05) is 40.6 Å². The minimum atomic E-state index is 0. The summed E-state index contributed by atoms with van der Waals surface area (Å²) in [5.74, 6) is 6.93. The molecule has 0 aliphatic carbocycles. The fourth-order valence-corrected chi connectivity index (χ4v) is 6.48. The van der Waals surface area contributed by atoms with Crippen LogP contribution in [0.15, 0.2) is 84.9 Å². The maximum atomic E-state index is 6.07. The Bertz CT molecular complexity index is 1800. The Kier molecular flexibility index (Phi) is 24.9. The molecule has 4 rings (SSSR count). The summed E-state index contributed by atoms with van der Waals surface area (Å²) in [6.07, 6.45) is 3.94. The number of hydrogen-bond acceptors (Lipinski definition) is 10. The van der Waals surface area contributed by atoms with Gasteiger partial charge in [0.2, 0.25) is 0 Å². The van der Waals surface area contributed by atoms with E-state index >= 15 is 0 Å². The Morgan fingerprint density at radius 3 is 0.951 bits per heavy atom. The number of methoxy groups -OCH3 is 2. The molecule has 0 saturated heterocycles. The van der Waals surface area contributed by atoms with Gasteiger partial charge in [0.25, 0.3) is 0 Å². The first kappa shape index (κ1) is 53.7. The summed E-state index contributed by atoms with van der Waals surface area (Å²) < 4.78 is 34.5. The molecule has 11 heteroatoms. The second-order valence-electron chi connectivity index (χ2n) is 16.2. The van der Waals surface area contributed by atoms with Gasteiger partial charge in [-0.1, -0.05) is 79.7 Å². The monoisotopic (exact) mass is 946 g/mol. The predicted molar refractivity (Wildman–Crippen MR) is 262 cm³/mol. The zero-order valence-electron chi connectivity index (χ0n) is 37.4. The van der Waals surface area contributed by atoms with E-state index in [1.165, 1.54) is 0 Å². The standard InChI is InChI=1S/2C25H34O3S2.Ni/c2*1-17(2)12-14-27-21-10-11-23(28-15-13-18(3)4)22(16-21)25(30)24(29)19-6-8-20(26-5)9-7-19;/h2*6-11,16-18,29-30H,12-15H2,1-5H3;/p-4/b2*25-24-;. The smallest absolute Gasteiger partial charge is 0.125 e. The predicted octanol–water partition coefficient (Wildman–Crippen LogP) is 12.9. The first-order chi connectivity index (χ1) is 28.6. The largest absolute Gasteiger partial charge is 0.780 e. The van der Waals surface area contributed by atoms with Crippen molar-refractivity contribution in [1.29, 1.82) is 0 Å². The summed E-state index contributed by atoms with van der Waals surface area (Å²) >= 11 is 23.0. The van der Waals surface area contributed by atoms with Crippen molar-refractivity contribution in [1.82, 2.24) is 0 Å². The van der Waals surface area contributed by atoms with Crippen LogP contribution in [0.25, 0.3) is 19.6 Å². The Hall–Kier alpha value is -3.47. The van der Waals surface area contributed by atoms with Crippen LogP contribution in [-0.4, -0.2) is 40.6 Å². The van der Waals surface area contributed by atoms with Gasteiger partial charge in [0, 0.05) is 16.5 Å². The molecule has 61 heavy (non-hydrogen) atoms. The van der Waals surface area contributed by atoms with E-state index < -0.39 is 0 Å². The zero-order valence-corrected chi connectivity index (χ0v) is 41.7. The average Bonchev–Trinajstić information content (AvgIpc) is 3.23. The zero-order chi connectivity index (χ0) is 44.2. The summed E-state index contributed by atoms with van der Waals surface area (Å²) in [6.45, 7) is 20.1. The minimum Gasteiger partial charge on any atom is -0.780 e. The molecule has 0 atom stereocenters. The van der Waals surface area contributed by atoms with E-state index in [4.69, 9.17) is 78.9 Å². The molecule has 6 nitrogen and oxygen atoms in total. The van der Waals surface area contributed by atoms with Gasteiger partial charge in [0.05, 0.1) is 40.6 Å². The molecule has 0 radical (unpaired) electrons. The molecule has 0 N–H and O–H groups in total. The van der Waals surface area contributed by atoms with Crippen LogP contribution in [0.3, 0.4) is 0 Å². The van der Waals surface area contributed by atoms with Crippen molar-refractivity contribution < 1.29 is 44.9 Å². The number of hydrogen-bond donors (Lipinski definition) is 0. The number of benzene rings is 4. The van der Waals surface area contributed by atoms with Gasteiger partial charge in [-0.25, -0.2) is 0 Å². The SMILES string of the molecule is COc1ccc(/C([S-])=C(/[S-])c2cc(OCCC(C)C)ccc2OCCC(C)C)cc1.COc1ccc(/C([S-])=C(/[S-])c2cc(OCCC(C)C)ccc2OCCC(C)C)cc1.[Ni]. The van der Waals surface area contributed by atoms with Crippen LogP contribution in [0.2, 0.25) is 0 Å². The van der Waals surface area contributed by atoms with Crippen molar-refractivity contribution in [2.24, 2.45) is 23.7 Å². The van der Waals surface area contributed by atoms with E-state index in [9.17, 15) is 0 Å². The van der Waals surface area contributed by atoms with Gasteiger partial charge in [-0.15, -0.1) is 0 Å². The third-order valence-corrected chi connectivity index (χ3v) is 11.3. The van der Waals surface area contributed by atoms with Crippen LogP contribution in [0, 0.1) is 23.7 Å². The number of ether oxygens (including phenoxy) is 6. The van der Waals surface area contributed by atoms with E-state index in [0.717, 1.165) is 82.4 Å². The molecule has 0 aliphatic heterocycles. The molecule has 0 aromatic heterocycles. The van der Waals surface area contributed by atoms with Crippen LogP contribution in [-0.2, 0) is 67.0 Å². The van der Waals surface area contributed by atoms with Crippen LogP contribution < -0.4 is 28.4 Å². The molecule has 4 aromatic rings. The van der Waals surface area contributed by atoms with E-state index in [1.54, 1.807) is 14.2 Å². The van der Waals surface area contributed by atoms with Gasteiger partial charge in [-0.2, -0.15) is 19.6 Å².